The molecule has 1 fully saturated rings. The van der Waals surface area contributed by atoms with Crippen molar-refractivity contribution >= 4 is 29.2 Å². The number of hydrogen-bond donors (Lipinski definition) is 2. The van der Waals surface area contributed by atoms with Gasteiger partial charge in [-0.2, -0.15) is 0 Å². The summed E-state index contributed by atoms with van der Waals surface area (Å²) >= 11 is 6.04. The maximum absolute atomic E-state index is 12.2. The zero-order chi connectivity index (χ0) is 18.4. The summed E-state index contributed by atoms with van der Waals surface area (Å²) < 4.78 is 0. The van der Waals surface area contributed by atoms with Gasteiger partial charge in [0.2, 0.25) is 5.91 Å². The molecule has 3 amide bonds. The first kappa shape index (κ1) is 19.1. The zero-order valence-electron chi connectivity index (χ0n) is 14.7. The van der Waals surface area contributed by atoms with Crippen LogP contribution in [-0.2, 0) is 4.79 Å². The molecule has 0 bridgehead atoms. The van der Waals surface area contributed by atoms with Gasteiger partial charge < -0.3 is 20.4 Å². The molecule has 0 spiro atoms. The lowest BCUT2D eigenvalue weighted by atomic mass is 10.2. The molecule has 134 valence electrons. The maximum Gasteiger partial charge on any atom is 0.318 e. The van der Waals surface area contributed by atoms with Crippen molar-refractivity contribution in [2.75, 3.05) is 38.5 Å². The van der Waals surface area contributed by atoms with Crippen molar-refractivity contribution in [2.45, 2.75) is 19.9 Å². The van der Waals surface area contributed by atoms with Crippen molar-refractivity contribution in [2.24, 2.45) is 0 Å². The number of halogens is 1. The van der Waals surface area contributed by atoms with Crippen molar-refractivity contribution in [3.05, 3.63) is 28.8 Å². The van der Waals surface area contributed by atoms with Gasteiger partial charge >= 0.3 is 6.03 Å². The molecule has 1 unspecified atom stereocenters. The fourth-order valence-electron chi connectivity index (χ4n) is 2.40. The Morgan fingerprint density at radius 3 is 2.56 bits per heavy atom. The van der Waals surface area contributed by atoms with Crippen molar-refractivity contribution in [1.29, 1.82) is 0 Å². The minimum absolute atomic E-state index is 0.0926. The summed E-state index contributed by atoms with van der Waals surface area (Å²) in [7, 11) is 2.05. The Morgan fingerprint density at radius 2 is 1.92 bits per heavy atom. The van der Waals surface area contributed by atoms with Crippen LogP contribution in [0.3, 0.4) is 0 Å². The number of carbonyl (C=O) groups is 2. The van der Waals surface area contributed by atoms with Gasteiger partial charge in [-0.1, -0.05) is 23.4 Å². The van der Waals surface area contributed by atoms with Crippen LogP contribution in [0.4, 0.5) is 10.5 Å². The molecule has 0 saturated carbocycles. The molecule has 1 aromatic rings. The molecule has 1 aliphatic rings. The number of piperazine rings is 1. The predicted octanol–water partition coefficient (Wildman–Crippen LogP) is 2.00. The number of amides is 3. The van der Waals surface area contributed by atoms with E-state index >= 15 is 0 Å². The van der Waals surface area contributed by atoms with Gasteiger partial charge in [-0.05, 0) is 32.2 Å². The third kappa shape index (κ3) is 5.96. The van der Waals surface area contributed by atoms with E-state index in [-0.39, 0.29) is 18.0 Å². The van der Waals surface area contributed by atoms with Crippen LogP contribution in [0.1, 0.15) is 19.4 Å². The second-order valence-corrected chi connectivity index (χ2v) is 6.51. The second kappa shape index (κ2) is 8.75. The summed E-state index contributed by atoms with van der Waals surface area (Å²) in [5.74, 6) is 5.81. The van der Waals surface area contributed by atoms with Crippen molar-refractivity contribution in [1.82, 2.24) is 15.1 Å². The molecule has 1 aliphatic heterocycles. The lowest BCUT2D eigenvalue weighted by Gasteiger charge is -2.32. The molecular formula is C18H23ClN4O2. The monoisotopic (exact) mass is 362 g/mol. The molecule has 2 N–H and O–H groups in total. The summed E-state index contributed by atoms with van der Waals surface area (Å²) in [5.41, 5.74) is 1.24. The SMILES string of the molecule is CC(=O)Nc1cc(C#CC(C)NC(=O)N2CCN(C)CC2)ccc1Cl. The summed E-state index contributed by atoms with van der Waals surface area (Å²) in [6, 6.07) is 4.79. The highest BCUT2D eigenvalue weighted by Crippen LogP contribution is 2.22. The topological polar surface area (TPSA) is 64.7 Å². The third-order valence-corrected chi connectivity index (χ3v) is 4.17. The number of rotatable bonds is 2. The van der Waals surface area contributed by atoms with Gasteiger partial charge in [0.05, 0.1) is 16.8 Å². The zero-order valence-corrected chi connectivity index (χ0v) is 15.5. The lowest BCUT2D eigenvalue weighted by Crippen LogP contribution is -2.52. The number of carbonyl (C=O) groups excluding carboxylic acids is 2. The van der Waals surface area contributed by atoms with E-state index in [4.69, 9.17) is 11.6 Å². The van der Waals surface area contributed by atoms with Gasteiger partial charge in [0.15, 0.2) is 0 Å². The fourth-order valence-corrected chi connectivity index (χ4v) is 2.57. The summed E-state index contributed by atoms with van der Waals surface area (Å²) in [6.07, 6.45) is 0. The molecule has 7 heteroatoms. The van der Waals surface area contributed by atoms with Crippen LogP contribution in [0.15, 0.2) is 18.2 Å². The Kier molecular flexibility index (Phi) is 6.68. The molecule has 0 aromatic heterocycles. The van der Waals surface area contributed by atoms with Gasteiger partial charge in [-0.3, -0.25) is 4.79 Å². The first-order valence-electron chi connectivity index (χ1n) is 8.18. The van der Waals surface area contributed by atoms with E-state index in [9.17, 15) is 9.59 Å². The number of benzene rings is 1. The number of urea groups is 1. The first-order chi connectivity index (χ1) is 11.8. The molecule has 1 aromatic carbocycles. The van der Waals surface area contributed by atoms with E-state index in [0.717, 1.165) is 26.2 Å². The van der Waals surface area contributed by atoms with Gasteiger partial charge in [0.1, 0.15) is 0 Å². The highest BCUT2D eigenvalue weighted by molar-refractivity contribution is 6.33. The van der Waals surface area contributed by atoms with Crippen LogP contribution in [0.5, 0.6) is 0 Å². The number of anilines is 1. The quantitative estimate of drug-likeness (QED) is 0.791. The highest BCUT2D eigenvalue weighted by Gasteiger charge is 2.19. The molecule has 1 atom stereocenters. The van der Waals surface area contributed by atoms with E-state index < -0.39 is 0 Å². The van der Waals surface area contributed by atoms with Crippen LogP contribution in [0.25, 0.3) is 0 Å². The largest absolute Gasteiger partial charge is 0.325 e. The maximum atomic E-state index is 12.2. The van der Waals surface area contributed by atoms with Gasteiger partial charge in [-0.15, -0.1) is 0 Å². The highest BCUT2D eigenvalue weighted by atomic mass is 35.5. The van der Waals surface area contributed by atoms with E-state index in [2.05, 4.69) is 27.4 Å². The van der Waals surface area contributed by atoms with Crippen molar-refractivity contribution in [3.8, 4) is 11.8 Å². The van der Waals surface area contributed by atoms with Crippen molar-refractivity contribution in [3.63, 3.8) is 0 Å². The summed E-state index contributed by atoms with van der Waals surface area (Å²) in [6.45, 7) is 6.46. The Hall–Kier alpha value is -2.23. The number of nitrogens with zero attached hydrogens (tertiary/aromatic N) is 2. The standard InChI is InChI=1S/C18H23ClN4O2/c1-13(20-18(25)23-10-8-22(3)9-11-23)4-5-15-6-7-16(19)17(12-15)21-14(2)24/h6-7,12-13H,8-11H2,1-3H3,(H,20,25)(H,21,24). The molecule has 0 radical (unpaired) electrons. The Morgan fingerprint density at radius 1 is 1.24 bits per heavy atom. The van der Waals surface area contributed by atoms with E-state index in [1.807, 2.05) is 14.0 Å². The molecule has 2 rings (SSSR count). The normalized spacial score (nSPS) is 15.8. The fraction of sp³-hybridized carbons (Fsp3) is 0.444. The summed E-state index contributed by atoms with van der Waals surface area (Å²) in [4.78, 5) is 27.4. The number of nitrogens with one attached hydrogen (secondary N) is 2. The minimum Gasteiger partial charge on any atom is -0.325 e. The predicted molar refractivity (Wildman–Crippen MR) is 99.7 cm³/mol. The van der Waals surface area contributed by atoms with Crippen LogP contribution >= 0.6 is 11.6 Å². The Bertz CT molecular complexity index is 703. The minimum atomic E-state index is -0.285. The smallest absolute Gasteiger partial charge is 0.318 e. The van der Waals surface area contributed by atoms with E-state index in [0.29, 0.717) is 16.3 Å². The van der Waals surface area contributed by atoms with Crippen LogP contribution in [0, 0.1) is 11.8 Å². The Balaban J connectivity index is 1.96. The number of likely N-dealkylation sites (N-methyl/N-ethyl adjacent to an activating group) is 1. The average molecular weight is 363 g/mol. The molecule has 1 saturated heterocycles. The van der Waals surface area contributed by atoms with Crippen LogP contribution in [0.2, 0.25) is 5.02 Å². The molecule has 25 heavy (non-hydrogen) atoms. The molecule has 6 nitrogen and oxygen atoms in total. The van der Waals surface area contributed by atoms with Crippen molar-refractivity contribution < 1.29 is 9.59 Å². The van der Waals surface area contributed by atoms with Gasteiger partial charge in [-0.25, -0.2) is 4.79 Å². The lowest BCUT2D eigenvalue weighted by molar-refractivity contribution is -0.114. The average Bonchev–Trinajstić information content (AvgIpc) is 2.55. The summed E-state index contributed by atoms with van der Waals surface area (Å²) in [5, 5.41) is 6.01. The van der Waals surface area contributed by atoms with Crippen LogP contribution in [-0.4, -0.2) is 61.0 Å². The first-order valence-corrected chi connectivity index (χ1v) is 8.55. The van der Waals surface area contributed by atoms with E-state index in [1.54, 1.807) is 23.1 Å². The van der Waals surface area contributed by atoms with Crippen LogP contribution < -0.4 is 10.6 Å². The second-order valence-electron chi connectivity index (χ2n) is 6.11. The van der Waals surface area contributed by atoms with E-state index in [1.165, 1.54) is 6.92 Å². The Labute approximate surface area is 153 Å². The number of hydrogen-bond acceptors (Lipinski definition) is 3. The molecular weight excluding hydrogens is 340 g/mol. The third-order valence-electron chi connectivity index (χ3n) is 3.84. The molecule has 1 heterocycles. The van der Waals surface area contributed by atoms with Gasteiger partial charge in [0, 0.05) is 38.7 Å². The molecule has 0 aliphatic carbocycles. The van der Waals surface area contributed by atoms with Gasteiger partial charge in [0.25, 0.3) is 0 Å².